The SMILES string of the molecule is O=Cc1ccc(OC/C=C/c2ccccc2)cc1. The molecule has 0 spiro atoms. The number of hydrogen-bond donors (Lipinski definition) is 0. The molecule has 0 amide bonds. The highest BCUT2D eigenvalue weighted by molar-refractivity contribution is 5.74. The van der Waals surface area contributed by atoms with Crippen molar-refractivity contribution in [1.82, 2.24) is 0 Å². The van der Waals surface area contributed by atoms with Crippen molar-refractivity contribution in [2.75, 3.05) is 6.61 Å². The summed E-state index contributed by atoms with van der Waals surface area (Å²) in [5.74, 6) is 0.762. The summed E-state index contributed by atoms with van der Waals surface area (Å²) in [4.78, 5) is 10.5. The smallest absolute Gasteiger partial charge is 0.150 e. The van der Waals surface area contributed by atoms with Gasteiger partial charge >= 0.3 is 0 Å². The van der Waals surface area contributed by atoms with E-state index in [1.54, 1.807) is 24.3 Å². The third-order valence-electron chi connectivity index (χ3n) is 2.47. The lowest BCUT2D eigenvalue weighted by Crippen LogP contribution is -1.93. The van der Waals surface area contributed by atoms with E-state index in [-0.39, 0.29) is 0 Å². The number of aldehydes is 1. The molecule has 0 aliphatic rings. The molecule has 0 radical (unpaired) electrons. The highest BCUT2D eigenvalue weighted by Crippen LogP contribution is 2.11. The normalized spacial score (nSPS) is 10.4. The van der Waals surface area contributed by atoms with Gasteiger partial charge in [-0.2, -0.15) is 0 Å². The van der Waals surface area contributed by atoms with Crippen molar-refractivity contribution in [3.63, 3.8) is 0 Å². The van der Waals surface area contributed by atoms with E-state index in [9.17, 15) is 4.79 Å². The highest BCUT2D eigenvalue weighted by Gasteiger charge is 1.92. The molecule has 0 unspecified atom stereocenters. The monoisotopic (exact) mass is 238 g/mol. The van der Waals surface area contributed by atoms with Gasteiger partial charge in [0.25, 0.3) is 0 Å². The Morgan fingerprint density at radius 2 is 1.61 bits per heavy atom. The Kier molecular flexibility index (Phi) is 4.31. The van der Waals surface area contributed by atoms with E-state index in [1.165, 1.54) is 0 Å². The van der Waals surface area contributed by atoms with Gasteiger partial charge in [0, 0.05) is 5.56 Å². The number of carbonyl (C=O) groups is 1. The molecule has 0 saturated heterocycles. The Labute approximate surface area is 107 Å². The average Bonchev–Trinajstić information content (AvgIpc) is 2.45. The van der Waals surface area contributed by atoms with E-state index < -0.39 is 0 Å². The largest absolute Gasteiger partial charge is 0.490 e. The second-order valence-electron chi connectivity index (χ2n) is 3.81. The fraction of sp³-hybridized carbons (Fsp3) is 0.0625. The maximum absolute atomic E-state index is 10.5. The van der Waals surface area contributed by atoms with Crippen LogP contribution in [0.1, 0.15) is 15.9 Å². The fourth-order valence-electron chi connectivity index (χ4n) is 1.54. The van der Waals surface area contributed by atoms with Crippen LogP contribution in [0.3, 0.4) is 0 Å². The van der Waals surface area contributed by atoms with Gasteiger partial charge in [-0.25, -0.2) is 0 Å². The molecule has 2 heteroatoms. The minimum atomic E-state index is 0.509. The first-order valence-corrected chi connectivity index (χ1v) is 5.78. The molecule has 2 aromatic carbocycles. The lowest BCUT2D eigenvalue weighted by atomic mass is 10.2. The lowest BCUT2D eigenvalue weighted by Gasteiger charge is -2.02. The quantitative estimate of drug-likeness (QED) is 0.744. The van der Waals surface area contributed by atoms with Gasteiger partial charge in [-0.1, -0.05) is 36.4 Å². The van der Waals surface area contributed by atoms with Crippen molar-refractivity contribution in [2.45, 2.75) is 0 Å². The number of rotatable bonds is 5. The van der Waals surface area contributed by atoms with E-state index in [0.717, 1.165) is 17.6 Å². The molecule has 0 saturated carbocycles. The summed E-state index contributed by atoms with van der Waals surface area (Å²) in [7, 11) is 0. The summed E-state index contributed by atoms with van der Waals surface area (Å²) in [6.45, 7) is 0.509. The fourth-order valence-corrected chi connectivity index (χ4v) is 1.54. The first-order chi connectivity index (χ1) is 8.88. The van der Waals surface area contributed by atoms with Crippen molar-refractivity contribution in [1.29, 1.82) is 0 Å². The Morgan fingerprint density at radius 1 is 0.889 bits per heavy atom. The van der Waals surface area contributed by atoms with Gasteiger partial charge in [0.05, 0.1) is 0 Å². The summed E-state index contributed by atoms with van der Waals surface area (Å²) in [6.07, 6.45) is 4.79. The molecule has 0 aromatic heterocycles. The van der Waals surface area contributed by atoms with Crippen LogP contribution in [-0.2, 0) is 0 Å². The summed E-state index contributed by atoms with van der Waals surface area (Å²) in [5, 5.41) is 0. The zero-order valence-electron chi connectivity index (χ0n) is 9.95. The maximum Gasteiger partial charge on any atom is 0.150 e. The number of benzene rings is 2. The molecule has 2 aromatic rings. The Morgan fingerprint density at radius 3 is 2.28 bits per heavy atom. The second kappa shape index (κ2) is 6.40. The molecule has 0 bridgehead atoms. The van der Waals surface area contributed by atoms with Crippen LogP contribution in [0.15, 0.2) is 60.7 Å². The predicted molar refractivity (Wildman–Crippen MR) is 72.8 cm³/mol. The number of carbonyl (C=O) groups excluding carboxylic acids is 1. The van der Waals surface area contributed by atoms with Crippen LogP contribution in [0.2, 0.25) is 0 Å². The summed E-state index contributed by atoms with van der Waals surface area (Å²) < 4.78 is 5.52. The maximum atomic E-state index is 10.5. The van der Waals surface area contributed by atoms with Crippen LogP contribution in [0, 0.1) is 0 Å². The van der Waals surface area contributed by atoms with Gasteiger partial charge in [0.15, 0.2) is 0 Å². The summed E-state index contributed by atoms with van der Waals surface area (Å²) in [5.41, 5.74) is 1.81. The zero-order chi connectivity index (χ0) is 12.6. The molecule has 2 nitrogen and oxygen atoms in total. The van der Waals surface area contributed by atoms with Crippen LogP contribution in [0.25, 0.3) is 6.08 Å². The van der Waals surface area contributed by atoms with Crippen LogP contribution in [-0.4, -0.2) is 12.9 Å². The van der Waals surface area contributed by atoms with Gasteiger partial charge < -0.3 is 4.74 Å². The molecule has 0 aliphatic heterocycles. The van der Waals surface area contributed by atoms with E-state index >= 15 is 0 Å². The summed E-state index contributed by atoms with van der Waals surface area (Å²) in [6, 6.07) is 17.1. The van der Waals surface area contributed by atoms with E-state index in [1.807, 2.05) is 42.5 Å². The topological polar surface area (TPSA) is 26.3 Å². The van der Waals surface area contributed by atoms with Crippen LogP contribution >= 0.6 is 0 Å². The van der Waals surface area contributed by atoms with Crippen molar-refractivity contribution < 1.29 is 9.53 Å². The van der Waals surface area contributed by atoms with E-state index in [2.05, 4.69) is 0 Å². The van der Waals surface area contributed by atoms with Gasteiger partial charge in [-0.15, -0.1) is 0 Å². The minimum absolute atomic E-state index is 0.509. The molecule has 2 rings (SSSR count). The second-order valence-corrected chi connectivity index (χ2v) is 3.81. The molecular weight excluding hydrogens is 224 g/mol. The number of hydrogen-bond acceptors (Lipinski definition) is 2. The van der Waals surface area contributed by atoms with E-state index in [0.29, 0.717) is 12.2 Å². The van der Waals surface area contributed by atoms with Crippen LogP contribution in [0.4, 0.5) is 0 Å². The van der Waals surface area contributed by atoms with Gasteiger partial charge in [-0.05, 0) is 35.9 Å². The first-order valence-electron chi connectivity index (χ1n) is 5.78. The van der Waals surface area contributed by atoms with Crippen molar-refractivity contribution in [3.8, 4) is 5.75 Å². The third-order valence-corrected chi connectivity index (χ3v) is 2.47. The Balaban J connectivity index is 1.84. The summed E-state index contributed by atoms with van der Waals surface area (Å²) >= 11 is 0. The van der Waals surface area contributed by atoms with Crippen molar-refractivity contribution in [3.05, 3.63) is 71.8 Å². The standard InChI is InChI=1S/C16H14O2/c17-13-15-8-10-16(11-9-15)18-12-4-7-14-5-2-1-3-6-14/h1-11,13H,12H2/b7-4+. The van der Waals surface area contributed by atoms with Gasteiger partial charge in [0.1, 0.15) is 18.6 Å². The molecule has 0 N–H and O–H groups in total. The predicted octanol–water partition coefficient (Wildman–Crippen LogP) is 3.59. The Hall–Kier alpha value is -2.35. The van der Waals surface area contributed by atoms with Crippen molar-refractivity contribution in [2.24, 2.45) is 0 Å². The van der Waals surface area contributed by atoms with Gasteiger partial charge in [-0.3, -0.25) is 4.79 Å². The first kappa shape index (κ1) is 12.1. The number of ether oxygens (including phenoxy) is 1. The average molecular weight is 238 g/mol. The van der Waals surface area contributed by atoms with Crippen LogP contribution < -0.4 is 4.74 Å². The molecule has 90 valence electrons. The molecule has 0 heterocycles. The molecule has 0 atom stereocenters. The van der Waals surface area contributed by atoms with Gasteiger partial charge in [0.2, 0.25) is 0 Å². The highest BCUT2D eigenvalue weighted by atomic mass is 16.5. The third kappa shape index (κ3) is 3.59. The zero-order valence-corrected chi connectivity index (χ0v) is 9.95. The van der Waals surface area contributed by atoms with Crippen LogP contribution in [0.5, 0.6) is 5.75 Å². The molecule has 18 heavy (non-hydrogen) atoms. The molecule has 0 aliphatic carbocycles. The lowest BCUT2D eigenvalue weighted by molar-refractivity contribution is 0.112. The molecule has 0 fully saturated rings. The Bertz CT molecular complexity index is 513. The van der Waals surface area contributed by atoms with Crippen molar-refractivity contribution >= 4 is 12.4 Å². The molecular formula is C16H14O2. The minimum Gasteiger partial charge on any atom is -0.490 e. The van der Waals surface area contributed by atoms with E-state index in [4.69, 9.17) is 4.74 Å².